The maximum atomic E-state index is 12.3. The minimum atomic E-state index is -0.317. The summed E-state index contributed by atoms with van der Waals surface area (Å²) in [6.45, 7) is 2.01. The molecule has 5 nitrogen and oxygen atoms in total. The van der Waals surface area contributed by atoms with Gasteiger partial charge in [-0.2, -0.15) is 0 Å². The zero-order valence-electron chi connectivity index (χ0n) is 14.0. The normalized spacial score (nSPS) is 10.4. The zero-order valence-corrected chi connectivity index (χ0v) is 17.3. The SMILES string of the molecule is Cc1ccc(CC(=O)Nc2ncc(C(=O)Nc3ccc(Br)cc3)[se]2)cc1. The standard InChI is InChI=1S/C19H16BrN3O2Se/c1-12-2-4-13(5-3-12)10-17(24)23-19-21-11-16(26-19)18(25)22-15-8-6-14(20)7-9-15/h2-9,11H,10H2,1H3,(H,22,25)(H,21,23,24). The van der Waals surface area contributed by atoms with Gasteiger partial charge < -0.3 is 0 Å². The fourth-order valence-electron chi connectivity index (χ4n) is 2.22. The molecule has 26 heavy (non-hydrogen) atoms. The number of benzene rings is 2. The van der Waals surface area contributed by atoms with Crippen molar-refractivity contribution in [2.45, 2.75) is 13.3 Å². The van der Waals surface area contributed by atoms with Crippen LogP contribution in [0.15, 0.2) is 59.2 Å². The van der Waals surface area contributed by atoms with E-state index in [4.69, 9.17) is 0 Å². The Morgan fingerprint density at radius 3 is 2.42 bits per heavy atom. The van der Waals surface area contributed by atoms with Gasteiger partial charge >= 0.3 is 166 Å². The Hall–Kier alpha value is -2.21. The number of nitrogens with zero attached hydrogens (tertiary/aromatic N) is 1. The van der Waals surface area contributed by atoms with Crippen molar-refractivity contribution in [3.63, 3.8) is 0 Å². The van der Waals surface area contributed by atoms with Crippen molar-refractivity contribution in [1.29, 1.82) is 0 Å². The molecule has 0 aliphatic rings. The molecule has 0 bridgehead atoms. The molecule has 1 aromatic heterocycles. The number of halogens is 1. The molecule has 0 saturated carbocycles. The number of rotatable bonds is 5. The molecule has 0 unspecified atom stereocenters. The van der Waals surface area contributed by atoms with Gasteiger partial charge in [0.2, 0.25) is 0 Å². The molecule has 1 heterocycles. The van der Waals surface area contributed by atoms with Crippen LogP contribution >= 0.6 is 15.9 Å². The predicted molar refractivity (Wildman–Crippen MR) is 107 cm³/mol. The third-order valence-electron chi connectivity index (χ3n) is 3.56. The topological polar surface area (TPSA) is 71.1 Å². The number of hydrogen-bond acceptors (Lipinski definition) is 3. The molecule has 0 radical (unpaired) electrons. The van der Waals surface area contributed by atoms with Gasteiger partial charge in [-0.3, -0.25) is 0 Å². The quantitative estimate of drug-likeness (QED) is 0.552. The van der Waals surface area contributed by atoms with E-state index in [2.05, 4.69) is 31.5 Å². The van der Waals surface area contributed by atoms with Gasteiger partial charge in [-0.15, -0.1) is 0 Å². The van der Waals surface area contributed by atoms with Crippen molar-refractivity contribution >= 4 is 52.6 Å². The van der Waals surface area contributed by atoms with Crippen LogP contribution in [0.5, 0.6) is 0 Å². The first kappa shape index (κ1) is 18.6. The van der Waals surface area contributed by atoms with Gasteiger partial charge in [0, 0.05) is 0 Å². The van der Waals surface area contributed by atoms with Crippen LogP contribution in [-0.2, 0) is 11.2 Å². The fourth-order valence-corrected chi connectivity index (χ4v) is 4.01. The maximum absolute atomic E-state index is 12.3. The summed E-state index contributed by atoms with van der Waals surface area (Å²) in [6, 6.07) is 15.2. The number of hydrogen-bond donors (Lipinski definition) is 2. The molecule has 0 spiro atoms. The van der Waals surface area contributed by atoms with Crippen LogP contribution in [0.2, 0.25) is 0 Å². The molecule has 3 aromatic rings. The van der Waals surface area contributed by atoms with Crippen LogP contribution in [-0.4, -0.2) is 31.3 Å². The molecular formula is C19H16BrN3O2Se. The summed E-state index contributed by atoms with van der Waals surface area (Å²) in [6.07, 6.45) is 1.81. The Kier molecular flexibility index (Phi) is 6.04. The summed E-state index contributed by atoms with van der Waals surface area (Å²) >= 11 is 3.04. The van der Waals surface area contributed by atoms with Gasteiger partial charge in [0.05, 0.1) is 0 Å². The van der Waals surface area contributed by atoms with E-state index < -0.39 is 0 Å². The molecule has 0 fully saturated rings. The molecule has 0 saturated heterocycles. The molecule has 0 aliphatic heterocycles. The summed E-state index contributed by atoms with van der Waals surface area (Å²) in [4.78, 5) is 28.6. The second kappa shape index (κ2) is 8.45. The first-order valence-corrected chi connectivity index (χ1v) is 10.4. The number of amides is 2. The molecule has 2 aromatic carbocycles. The second-order valence-electron chi connectivity index (χ2n) is 5.70. The Morgan fingerprint density at radius 1 is 1.04 bits per heavy atom. The molecule has 2 N–H and O–H groups in total. The van der Waals surface area contributed by atoms with Gasteiger partial charge in [-0.1, -0.05) is 0 Å². The van der Waals surface area contributed by atoms with Crippen molar-refractivity contribution in [1.82, 2.24) is 4.98 Å². The minimum absolute atomic E-state index is 0.127. The first-order chi connectivity index (χ1) is 12.5. The number of carbonyl (C=O) groups is 2. The number of carbonyl (C=O) groups excluding carboxylic acids is 2. The monoisotopic (exact) mass is 477 g/mol. The molecule has 7 heteroatoms. The van der Waals surface area contributed by atoms with E-state index in [1.807, 2.05) is 55.5 Å². The van der Waals surface area contributed by atoms with Crippen molar-refractivity contribution in [2.75, 3.05) is 10.6 Å². The molecule has 3 rings (SSSR count). The van der Waals surface area contributed by atoms with Crippen molar-refractivity contribution in [3.05, 3.63) is 74.8 Å². The third-order valence-corrected chi connectivity index (χ3v) is 6.00. The van der Waals surface area contributed by atoms with Crippen molar-refractivity contribution in [2.24, 2.45) is 0 Å². The predicted octanol–water partition coefficient (Wildman–Crippen LogP) is 3.64. The fraction of sp³-hybridized carbons (Fsp3) is 0.105. The van der Waals surface area contributed by atoms with Gasteiger partial charge in [0.25, 0.3) is 0 Å². The van der Waals surface area contributed by atoms with Crippen LogP contribution in [0.4, 0.5) is 10.4 Å². The molecule has 0 aliphatic carbocycles. The summed E-state index contributed by atoms with van der Waals surface area (Å²) in [5, 5.41) is 5.63. The van der Waals surface area contributed by atoms with Crippen molar-refractivity contribution in [3.8, 4) is 0 Å². The first-order valence-electron chi connectivity index (χ1n) is 7.88. The number of anilines is 2. The van der Waals surface area contributed by atoms with Crippen LogP contribution in [0, 0.1) is 6.92 Å². The zero-order chi connectivity index (χ0) is 18.5. The van der Waals surface area contributed by atoms with E-state index in [1.54, 1.807) is 0 Å². The van der Waals surface area contributed by atoms with E-state index in [1.165, 1.54) is 6.20 Å². The molecule has 0 atom stereocenters. The third kappa shape index (κ3) is 5.14. The van der Waals surface area contributed by atoms with E-state index in [9.17, 15) is 9.59 Å². The Bertz CT molecular complexity index is 921. The average molecular weight is 477 g/mol. The number of aryl methyl sites for hydroxylation is 1. The van der Waals surface area contributed by atoms with E-state index >= 15 is 0 Å². The summed E-state index contributed by atoms with van der Waals surface area (Å²) in [5.41, 5.74) is 2.82. The van der Waals surface area contributed by atoms with Crippen LogP contribution in [0.1, 0.15) is 20.4 Å². The summed E-state index contributed by atoms with van der Waals surface area (Å²) in [7, 11) is 0. The van der Waals surface area contributed by atoms with Crippen molar-refractivity contribution < 1.29 is 9.59 Å². The van der Waals surface area contributed by atoms with E-state index in [0.717, 1.165) is 15.6 Å². The molecule has 2 amide bonds. The van der Waals surface area contributed by atoms with Gasteiger partial charge in [0.15, 0.2) is 0 Å². The summed E-state index contributed by atoms with van der Waals surface area (Å²) < 4.78 is 2.07. The molecular weight excluding hydrogens is 461 g/mol. The van der Waals surface area contributed by atoms with Crippen LogP contribution in [0.3, 0.4) is 0 Å². The Balaban J connectivity index is 1.58. The van der Waals surface area contributed by atoms with Gasteiger partial charge in [0.1, 0.15) is 0 Å². The Morgan fingerprint density at radius 2 is 1.73 bits per heavy atom. The van der Waals surface area contributed by atoms with Crippen LogP contribution < -0.4 is 10.6 Å². The second-order valence-corrected chi connectivity index (χ2v) is 8.78. The molecule has 132 valence electrons. The Labute approximate surface area is 165 Å². The average Bonchev–Trinajstić information content (AvgIpc) is 3.07. The van der Waals surface area contributed by atoms with E-state index in [0.29, 0.717) is 14.8 Å². The van der Waals surface area contributed by atoms with E-state index in [-0.39, 0.29) is 32.7 Å². The van der Waals surface area contributed by atoms with Gasteiger partial charge in [-0.05, 0) is 0 Å². The number of aromatic nitrogens is 1. The van der Waals surface area contributed by atoms with Gasteiger partial charge in [-0.25, -0.2) is 0 Å². The van der Waals surface area contributed by atoms with Crippen LogP contribution in [0.25, 0.3) is 0 Å². The summed E-state index contributed by atoms with van der Waals surface area (Å²) in [5.74, 6) is -0.323. The number of nitrogens with one attached hydrogen (secondary N) is 2.